The third kappa shape index (κ3) is 10.2. The standard InChI is InChI=1S/C29H38N8O12S2/c1-29(2)24(26(41)37(29)49-51(44,45)46)33-25(40)23(21-16-50-28(30)32-21)34-48-22(27(42)43)15-47-20-7-5-17(6-8-20)18-12-35(3)36(13-18)10-4-9-31-11-19(39)14-38/h5-8,12-13,16,19,22,24,31,38-39H,4,9-11,14-15H2,1-3H3,(H4-,30,32,33,40,42,43,44,45,46)/p+1/b34-23+/t19?,22-,24?/m0/s1. The molecule has 1 aliphatic rings. The number of benzene rings is 1. The van der Waals surface area contributed by atoms with Crippen molar-refractivity contribution in [2.24, 2.45) is 12.2 Å². The minimum absolute atomic E-state index is 0.0503. The molecule has 8 N–H and O–H groups in total. The minimum atomic E-state index is -5.03. The first-order valence-electron chi connectivity index (χ1n) is 15.3. The second kappa shape index (κ2) is 16.5. The zero-order valence-electron chi connectivity index (χ0n) is 27.7. The van der Waals surface area contributed by atoms with Crippen molar-refractivity contribution >= 4 is 50.4 Å². The fourth-order valence-corrected chi connectivity index (χ4v) is 5.83. The summed E-state index contributed by atoms with van der Waals surface area (Å²) in [5, 5.41) is 39.0. The first kappa shape index (κ1) is 39.1. The van der Waals surface area contributed by atoms with Crippen LogP contribution >= 0.6 is 11.3 Å². The van der Waals surface area contributed by atoms with Crippen molar-refractivity contribution in [3.63, 3.8) is 0 Å². The van der Waals surface area contributed by atoms with E-state index in [4.69, 9.17) is 25.0 Å². The van der Waals surface area contributed by atoms with Gasteiger partial charge in [0.15, 0.2) is 17.9 Å². The number of nitrogens with two attached hydrogens (primary N) is 1. The Bertz CT molecular complexity index is 1840. The van der Waals surface area contributed by atoms with Crippen LogP contribution in [0.5, 0.6) is 5.75 Å². The molecule has 0 bridgehead atoms. The third-order valence-corrected chi connectivity index (χ3v) is 8.60. The number of thiazole rings is 1. The Hall–Kier alpha value is -4.71. The lowest BCUT2D eigenvalue weighted by molar-refractivity contribution is -0.753. The molecule has 278 valence electrons. The van der Waals surface area contributed by atoms with Gasteiger partial charge in [0.25, 0.3) is 17.9 Å². The predicted octanol–water partition coefficient (Wildman–Crippen LogP) is -1.56. The van der Waals surface area contributed by atoms with Gasteiger partial charge >= 0.3 is 16.4 Å². The number of carboxylic acid groups (broad SMARTS) is 1. The van der Waals surface area contributed by atoms with Crippen LogP contribution in [0.1, 0.15) is 26.0 Å². The van der Waals surface area contributed by atoms with E-state index >= 15 is 0 Å². The second-order valence-corrected chi connectivity index (χ2v) is 13.7. The summed E-state index contributed by atoms with van der Waals surface area (Å²) >= 11 is 0.952. The lowest BCUT2D eigenvalue weighted by Gasteiger charge is -2.50. The number of carbonyl (C=O) groups is 3. The number of hydrogen-bond acceptors (Lipinski definition) is 15. The summed E-state index contributed by atoms with van der Waals surface area (Å²) in [4.78, 5) is 47.0. The number of aryl methyl sites for hydroxylation is 2. The Balaban J connectivity index is 1.38. The van der Waals surface area contributed by atoms with Crippen molar-refractivity contribution < 1.29 is 61.2 Å². The zero-order valence-corrected chi connectivity index (χ0v) is 29.3. The predicted molar refractivity (Wildman–Crippen MR) is 178 cm³/mol. The van der Waals surface area contributed by atoms with Gasteiger partial charge in [0, 0.05) is 11.9 Å². The van der Waals surface area contributed by atoms with E-state index < -0.39 is 64.3 Å². The maximum absolute atomic E-state index is 13.2. The van der Waals surface area contributed by atoms with Crippen LogP contribution in [-0.2, 0) is 47.5 Å². The molecule has 2 unspecified atom stereocenters. The topological polar surface area (TPSA) is 281 Å². The number of anilines is 1. The van der Waals surface area contributed by atoms with E-state index in [2.05, 4.69) is 25.1 Å². The van der Waals surface area contributed by atoms with E-state index in [-0.39, 0.29) is 17.4 Å². The number of nitrogens with one attached hydrogen (secondary N) is 2. The zero-order chi connectivity index (χ0) is 37.5. The van der Waals surface area contributed by atoms with Gasteiger partial charge in [-0.1, -0.05) is 17.3 Å². The van der Waals surface area contributed by atoms with Gasteiger partial charge in [0.1, 0.15) is 24.1 Å². The number of hydroxylamine groups is 2. The maximum Gasteiger partial charge on any atom is 0.418 e. The van der Waals surface area contributed by atoms with Crippen LogP contribution in [0.25, 0.3) is 11.1 Å². The van der Waals surface area contributed by atoms with Crippen molar-refractivity contribution in [3.05, 3.63) is 47.7 Å². The van der Waals surface area contributed by atoms with E-state index in [1.54, 1.807) is 24.3 Å². The SMILES string of the molecule is C[n+]1cc(-c2ccc(OC[C@H](O/N=C(/C(=O)NC3C(=O)N(OS(=O)(=O)O)C3(C)C)c3csc(N)n3)C(=O)O)cc2)cn1CCCNCC(O)CO. The molecule has 3 aromatic rings. The number of nitrogens with zero attached hydrogens (tertiary/aromatic N) is 5. The minimum Gasteiger partial charge on any atom is -0.489 e. The molecule has 3 heterocycles. The van der Waals surface area contributed by atoms with E-state index in [1.165, 1.54) is 19.2 Å². The van der Waals surface area contributed by atoms with E-state index in [9.17, 15) is 33.0 Å². The number of carbonyl (C=O) groups excluding carboxylic acids is 2. The molecular formula is C29H39N8O12S2+. The molecule has 20 nitrogen and oxygen atoms in total. The monoisotopic (exact) mass is 755 g/mol. The van der Waals surface area contributed by atoms with Crippen molar-refractivity contribution in [2.45, 2.75) is 50.6 Å². The maximum atomic E-state index is 13.2. The van der Waals surface area contributed by atoms with Crippen LogP contribution in [0, 0.1) is 0 Å². The van der Waals surface area contributed by atoms with Gasteiger partial charge in [0.2, 0.25) is 6.20 Å². The van der Waals surface area contributed by atoms with Crippen molar-refractivity contribution in [1.82, 2.24) is 25.4 Å². The normalized spacial score (nSPS) is 17.1. The molecule has 4 rings (SSSR count). The molecule has 0 saturated carbocycles. The number of ether oxygens (including phenoxy) is 1. The molecule has 0 aliphatic carbocycles. The van der Waals surface area contributed by atoms with Crippen LogP contribution in [0.4, 0.5) is 5.13 Å². The molecule has 0 spiro atoms. The Labute approximate surface area is 295 Å². The number of oxime groups is 1. The molecular weight excluding hydrogens is 716 g/mol. The lowest BCUT2D eigenvalue weighted by Crippen LogP contribution is -2.76. The highest BCUT2D eigenvalue weighted by atomic mass is 32.3. The van der Waals surface area contributed by atoms with Gasteiger partial charge in [-0.05, 0) is 44.5 Å². The number of aromatic nitrogens is 3. The molecule has 51 heavy (non-hydrogen) atoms. The van der Waals surface area contributed by atoms with Crippen molar-refractivity contribution in [1.29, 1.82) is 0 Å². The van der Waals surface area contributed by atoms with Crippen molar-refractivity contribution in [2.75, 3.05) is 32.0 Å². The molecule has 3 atom stereocenters. The van der Waals surface area contributed by atoms with Gasteiger partial charge in [-0.15, -0.1) is 20.3 Å². The largest absolute Gasteiger partial charge is 0.489 e. The van der Waals surface area contributed by atoms with Crippen LogP contribution in [0.3, 0.4) is 0 Å². The van der Waals surface area contributed by atoms with Gasteiger partial charge in [-0.25, -0.2) is 9.78 Å². The van der Waals surface area contributed by atoms with Crippen LogP contribution < -0.4 is 25.8 Å². The van der Waals surface area contributed by atoms with Crippen molar-refractivity contribution in [3.8, 4) is 16.9 Å². The molecule has 2 amide bonds. The Morgan fingerprint density at radius 2 is 1.94 bits per heavy atom. The van der Waals surface area contributed by atoms with E-state index in [0.717, 1.165) is 28.9 Å². The molecule has 1 saturated heterocycles. The molecule has 22 heteroatoms. The van der Waals surface area contributed by atoms with Crippen LogP contribution in [0.15, 0.2) is 47.2 Å². The summed E-state index contributed by atoms with van der Waals surface area (Å²) in [6, 6.07) is 5.55. The molecule has 0 radical (unpaired) electrons. The van der Waals surface area contributed by atoms with Gasteiger partial charge in [-0.3, -0.25) is 14.1 Å². The van der Waals surface area contributed by atoms with E-state index in [1.807, 2.05) is 28.8 Å². The number of aliphatic hydroxyl groups excluding tert-OH is 2. The average Bonchev–Trinajstić information content (AvgIpc) is 3.67. The number of aliphatic hydroxyl groups is 2. The van der Waals surface area contributed by atoms with Gasteiger partial charge < -0.3 is 41.3 Å². The fraction of sp³-hybridized carbons (Fsp3) is 0.448. The summed E-state index contributed by atoms with van der Waals surface area (Å²) in [6.45, 7) is 3.58. The highest BCUT2D eigenvalue weighted by molar-refractivity contribution is 7.80. The number of carboxylic acids is 1. The lowest BCUT2D eigenvalue weighted by atomic mass is 9.84. The summed E-state index contributed by atoms with van der Waals surface area (Å²) in [5.74, 6) is -3.17. The Kier molecular flexibility index (Phi) is 12.7. The highest BCUT2D eigenvalue weighted by Crippen LogP contribution is 2.33. The highest BCUT2D eigenvalue weighted by Gasteiger charge is 2.58. The summed E-state index contributed by atoms with van der Waals surface area (Å²) < 4.78 is 45.1. The smallest absolute Gasteiger partial charge is 0.418 e. The first-order chi connectivity index (χ1) is 24.0. The number of β-lactam (4-membered cyclic amide) rings is 1. The van der Waals surface area contributed by atoms with E-state index in [0.29, 0.717) is 30.4 Å². The number of aliphatic carboxylic acids is 1. The fourth-order valence-electron chi connectivity index (χ4n) is 4.83. The quantitative estimate of drug-likeness (QED) is 0.0182. The summed E-state index contributed by atoms with van der Waals surface area (Å²) in [6.07, 6.45) is 2.22. The number of rotatable bonds is 19. The summed E-state index contributed by atoms with van der Waals surface area (Å²) in [7, 11) is -3.12. The molecule has 1 aliphatic heterocycles. The molecule has 1 fully saturated rings. The van der Waals surface area contributed by atoms with Gasteiger partial charge in [-0.2, -0.15) is 18.2 Å². The summed E-state index contributed by atoms with van der Waals surface area (Å²) in [5.41, 5.74) is 5.43. The number of amides is 2. The van der Waals surface area contributed by atoms with Crippen LogP contribution in [0.2, 0.25) is 0 Å². The number of hydrogen-bond donors (Lipinski definition) is 7. The Morgan fingerprint density at radius 3 is 2.53 bits per heavy atom. The number of nitrogen functional groups attached to an aromatic ring is 1. The third-order valence-electron chi connectivity index (χ3n) is 7.59. The Morgan fingerprint density at radius 1 is 1.24 bits per heavy atom. The average molecular weight is 756 g/mol. The van der Waals surface area contributed by atoms with Gasteiger partial charge in [0.05, 0.1) is 36.6 Å². The van der Waals surface area contributed by atoms with Crippen LogP contribution in [-0.4, -0.2) is 117 Å². The molecule has 1 aromatic carbocycles. The second-order valence-electron chi connectivity index (χ2n) is 11.8. The first-order valence-corrected chi connectivity index (χ1v) is 17.5. The molecule has 2 aromatic heterocycles.